The second kappa shape index (κ2) is 2.48. The molecule has 0 radical (unpaired) electrons. The topological polar surface area (TPSA) is 26.3 Å². The molecule has 68 valence electrons. The van der Waals surface area contributed by atoms with Gasteiger partial charge in [0.25, 0.3) is 0 Å². The van der Waals surface area contributed by atoms with E-state index in [2.05, 4.69) is 13.8 Å². The monoisotopic (exact) mass is 168 g/mol. The molecule has 0 amide bonds. The molecule has 2 atom stereocenters. The Kier molecular flexibility index (Phi) is 1.67. The molecule has 2 rings (SSSR count). The summed E-state index contributed by atoms with van der Waals surface area (Å²) < 4.78 is 5.26. The fourth-order valence-electron chi connectivity index (χ4n) is 2.59. The molecular formula is C10H16O2. The van der Waals surface area contributed by atoms with Crippen LogP contribution in [-0.2, 0) is 9.53 Å². The summed E-state index contributed by atoms with van der Waals surface area (Å²) in [6.07, 6.45) is 4.42. The first-order valence-electron chi connectivity index (χ1n) is 4.79. The fourth-order valence-corrected chi connectivity index (χ4v) is 2.59. The number of fused-ring (bicyclic) bond motifs is 1. The van der Waals surface area contributed by atoms with Gasteiger partial charge in [0.1, 0.15) is 6.10 Å². The smallest absolute Gasteiger partial charge is 0.306 e. The average Bonchev–Trinajstić information content (AvgIpc) is 2.30. The summed E-state index contributed by atoms with van der Waals surface area (Å²) in [6, 6.07) is 0. The lowest BCUT2D eigenvalue weighted by Gasteiger charge is -2.38. The summed E-state index contributed by atoms with van der Waals surface area (Å²) in [4.78, 5) is 11.1. The SMILES string of the molecule is CC1(C)CCCC2OC(=O)CC21. The van der Waals surface area contributed by atoms with Gasteiger partial charge < -0.3 is 4.74 Å². The summed E-state index contributed by atoms with van der Waals surface area (Å²) in [5, 5.41) is 0. The number of hydrogen-bond acceptors (Lipinski definition) is 2. The van der Waals surface area contributed by atoms with Crippen molar-refractivity contribution in [3.63, 3.8) is 0 Å². The first-order valence-corrected chi connectivity index (χ1v) is 4.79. The van der Waals surface area contributed by atoms with E-state index in [4.69, 9.17) is 4.74 Å². The molecule has 1 aliphatic carbocycles. The average molecular weight is 168 g/mol. The largest absolute Gasteiger partial charge is 0.462 e. The Morgan fingerprint density at radius 2 is 2.25 bits per heavy atom. The summed E-state index contributed by atoms with van der Waals surface area (Å²) in [5.74, 6) is 0.499. The van der Waals surface area contributed by atoms with E-state index < -0.39 is 0 Å². The fraction of sp³-hybridized carbons (Fsp3) is 0.900. The molecule has 2 heteroatoms. The molecule has 1 saturated carbocycles. The van der Waals surface area contributed by atoms with Crippen molar-refractivity contribution in [3.8, 4) is 0 Å². The Bertz CT molecular complexity index is 208. The van der Waals surface area contributed by atoms with Gasteiger partial charge in [-0.05, 0) is 24.7 Å². The molecule has 0 spiro atoms. The maximum absolute atomic E-state index is 11.1. The zero-order valence-electron chi connectivity index (χ0n) is 7.80. The van der Waals surface area contributed by atoms with E-state index in [0.29, 0.717) is 17.8 Å². The van der Waals surface area contributed by atoms with Gasteiger partial charge in [-0.1, -0.05) is 13.8 Å². The number of hydrogen-bond donors (Lipinski definition) is 0. The maximum atomic E-state index is 11.1. The summed E-state index contributed by atoms with van der Waals surface area (Å²) in [5.41, 5.74) is 0.315. The van der Waals surface area contributed by atoms with Crippen LogP contribution < -0.4 is 0 Å². The third-order valence-corrected chi connectivity index (χ3v) is 3.43. The number of rotatable bonds is 0. The third-order valence-electron chi connectivity index (χ3n) is 3.43. The maximum Gasteiger partial charge on any atom is 0.306 e. The minimum Gasteiger partial charge on any atom is -0.462 e. The standard InChI is InChI=1S/C10H16O2/c1-10(2)5-3-4-8-7(10)6-9(11)12-8/h7-8H,3-6H2,1-2H3. The quantitative estimate of drug-likeness (QED) is 0.518. The zero-order chi connectivity index (χ0) is 8.77. The zero-order valence-corrected chi connectivity index (χ0v) is 7.80. The van der Waals surface area contributed by atoms with Gasteiger partial charge >= 0.3 is 5.97 Å². The predicted molar refractivity (Wildman–Crippen MR) is 45.6 cm³/mol. The Hall–Kier alpha value is -0.530. The molecule has 2 aliphatic rings. The molecule has 0 aromatic rings. The van der Waals surface area contributed by atoms with E-state index in [1.165, 1.54) is 12.8 Å². The third kappa shape index (κ3) is 1.13. The van der Waals surface area contributed by atoms with Gasteiger partial charge in [0.15, 0.2) is 0 Å². The minimum absolute atomic E-state index is 0.0139. The van der Waals surface area contributed by atoms with Gasteiger partial charge in [-0.3, -0.25) is 4.79 Å². The van der Waals surface area contributed by atoms with Crippen LogP contribution in [0.5, 0.6) is 0 Å². The molecular weight excluding hydrogens is 152 g/mol. The van der Waals surface area contributed by atoms with Crippen LogP contribution in [-0.4, -0.2) is 12.1 Å². The molecule has 0 aromatic heterocycles. The van der Waals surface area contributed by atoms with Gasteiger partial charge in [0.2, 0.25) is 0 Å². The van der Waals surface area contributed by atoms with Crippen molar-refractivity contribution in [1.82, 2.24) is 0 Å². The first kappa shape index (κ1) is 8.09. The number of ether oxygens (including phenoxy) is 1. The van der Waals surface area contributed by atoms with Crippen LogP contribution in [0.3, 0.4) is 0 Å². The Morgan fingerprint density at radius 1 is 1.50 bits per heavy atom. The van der Waals surface area contributed by atoms with Gasteiger partial charge in [0.05, 0.1) is 6.42 Å². The van der Waals surface area contributed by atoms with Crippen LogP contribution in [0.1, 0.15) is 39.5 Å². The predicted octanol–water partition coefficient (Wildman–Crippen LogP) is 2.13. The molecule has 1 heterocycles. The van der Waals surface area contributed by atoms with E-state index >= 15 is 0 Å². The highest BCUT2D eigenvalue weighted by Gasteiger charge is 2.46. The second-order valence-electron chi connectivity index (χ2n) is 4.72. The summed E-state index contributed by atoms with van der Waals surface area (Å²) >= 11 is 0. The van der Waals surface area contributed by atoms with Crippen LogP contribution in [0.4, 0.5) is 0 Å². The van der Waals surface area contributed by atoms with Crippen molar-refractivity contribution in [2.45, 2.75) is 45.6 Å². The summed E-state index contributed by atoms with van der Waals surface area (Å²) in [6.45, 7) is 4.51. The van der Waals surface area contributed by atoms with Crippen LogP contribution in [0.15, 0.2) is 0 Å². The minimum atomic E-state index is 0.0139. The molecule has 0 N–H and O–H groups in total. The van der Waals surface area contributed by atoms with Crippen molar-refractivity contribution >= 4 is 5.97 Å². The van der Waals surface area contributed by atoms with Crippen molar-refractivity contribution in [2.75, 3.05) is 0 Å². The molecule has 1 saturated heterocycles. The molecule has 1 aliphatic heterocycles. The van der Waals surface area contributed by atoms with Crippen molar-refractivity contribution in [3.05, 3.63) is 0 Å². The number of esters is 1. The van der Waals surface area contributed by atoms with E-state index in [1.54, 1.807) is 0 Å². The van der Waals surface area contributed by atoms with Gasteiger partial charge in [-0.2, -0.15) is 0 Å². The Morgan fingerprint density at radius 3 is 2.92 bits per heavy atom. The van der Waals surface area contributed by atoms with Gasteiger partial charge in [0, 0.05) is 5.92 Å². The molecule has 2 unspecified atom stereocenters. The van der Waals surface area contributed by atoms with Crippen LogP contribution >= 0.6 is 0 Å². The Balaban J connectivity index is 2.18. The van der Waals surface area contributed by atoms with Crippen LogP contribution in [0.25, 0.3) is 0 Å². The van der Waals surface area contributed by atoms with E-state index in [0.717, 1.165) is 6.42 Å². The van der Waals surface area contributed by atoms with Crippen LogP contribution in [0, 0.1) is 11.3 Å². The van der Waals surface area contributed by atoms with Crippen LogP contribution in [0.2, 0.25) is 0 Å². The van der Waals surface area contributed by atoms with Gasteiger partial charge in [-0.25, -0.2) is 0 Å². The number of carbonyl (C=O) groups is 1. The molecule has 0 bridgehead atoms. The lowest BCUT2D eigenvalue weighted by Crippen LogP contribution is -2.35. The molecule has 12 heavy (non-hydrogen) atoms. The Labute approximate surface area is 73.3 Å². The lowest BCUT2D eigenvalue weighted by atomic mass is 9.67. The van der Waals surface area contributed by atoms with Crippen molar-refractivity contribution < 1.29 is 9.53 Å². The van der Waals surface area contributed by atoms with E-state index in [-0.39, 0.29) is 12.1 Å². The summed E-state index contributed by atoms with van der Waals surface area (Å²) in [7, 11) is 0. The normalized spacial score (nSPS) is 39.0. The second-order valence-corrected chi connectivity index (χ2v) is 4.72. The van der Waals surface area contributed by atoms with E-state index in [9.17, 15) is 4.79 Å². The molecule has 2 nitrogen and oxygen atoms in total. The highest BCUT2D eigenvalue weighted by Crippen LogP contribution is 2.46. The molecule has 2 fully saturated rings. The van der Waals surface area contributed by atoms with Crippen molar-refractivity contribution in [2.24, 2.45) is 11.3 Å². The lowest BCUT2D eigenvalue weighted by molar-refractivity contribution is -0.142. The van der Waals surface area contributed by atoms with Crippen molar-refractivity contribution in [1.29, 1.82) is 0 Å². The highest BCUT2D eigenvalue weighted by atomic mass is 16.5. The van der Waals surface area contributed by atoms with E-state index in [1.807, 2.05) is 0 Å². The van der Waals surface area contributed by atoms with Gasteiger partial charge in [-0.15, -0.1) is 0 Å². The number of carbonyl (C=O) groups excluding carboxylic acids is 1. The first-order chi connectivity index (χ1) is 5.59. The molecule has 0 aromatic carbocycles. The highest BCUT2D eigenvalue weighted by molar-refractivity contribution is 5.72.